The Balaban J connectivity index is 1.69. The molecule has 0 unspecified atom stereocenters. The number of hydrogen-bond acceptors (Lipinski definition) is 4. The molecule has 1 N–H and O–H groups in total. The van der Waals surface area contributed by atoms with Crippen molar-refractivity contribution >= 4 is 29.2 Å². The van der Waals surface area contributed by atoms with Crippen molar-refractivity contribution < 1.29 is 14.3 Å². The summed E-state index contributed by atoms with van der Waals surface area (Å²) in [5, 5.41) is 3.17. The Morgan fingerprint density at radius 1 is 1.27 bits per heavy atom. The number of rotatable bonds is 6. The lowest BCUT2D eigenvalue weighted by molar-refractivity contribution is -0.116. The van der Waals surface area contributed by atoms with Gasteiger partial charge in [0.15, 0.2) is 5.15 Å². The molecule has 1 amide bonds. The predicted molar refractivity (Wildman–Crippen MR) is 101 cm³/mol. The first-order chi connectivity index (χ1) is 12.6. The van der Waals surface area contributed by atoms with E-state index in [9.17, 15) is 4.79 Å². The first kappa shape index (κ1) is 17.8. The number of benzene rings is 1. The lowest BCUT2D eigenvalue weighted by Crippen LogP contribution is -2.20. The second-order valence-electron chi connectivity index (χ2n) is 5.45. The largest absolute Gasteiger partial charge is 0.497 e. The molecule has 0 bridgehead atoms. The molecule has 1 aromatic carbocycles. The second kappa shape index (κ2) is 7.93. The first-order valence-electron chi connectivity index (χ1n) is 7.91. The highest BCUT2D eigenvalue weighted by molar-refractivity contribution is 6.31. The fourth-order valence-electron chi connectivity index (χ4n) is 2.53. The molecule has 0 aliphatic heterocycles. The fraction of sp³-hybridized carbons (Fsp3) is 0.158. The van der Waals surface area contributed by atoms with Crippen LogP contribution in [0.3, 0.4) is 0 Å². The van der Waals surface area contributed by atoms with Crippen LogP contribution in [0.4, 0.5) is 0 Å². The number of ether oxygens (including phenoxy) is 2. The molecule has 3 rings (SSSR count). The van der Waals surface area contributed by atoms with Gasteiger partial charge in [-0.2, -0.15) is 0 Å². The maximum absolute atomic E-state index is 12.1. The highest BCUT2D eigenvalue weighted by Gasteiger charge is 2.08. The van der Waals surface area contributed by atoms with Gasteiger partial charge in [-0.1, -0.05) is 17.7 Å². The summed E-state index contributed by atoms with van der Waals surface area (Å²) in [5.41, 5.74) is 2.22. The minimum absolute atomic E-state index is 0.246. The van der Waals surface area contributed by atoms with Gasteiger partial charge in [-0.25, -0.2) is 4.98 Å². The molecule has 0 spiro atoms. The number of pyridine rings is 1. The Hall–Kier alpha value is -2.99. The molecule has 7 heteroatoms. The fourth-order valence-corrected chi connectivity index (χ4v) is 2.77. The molecule has 0 fully saturated rings. The molecule has 3 aromatic rings. The van der Waals surface area contributed by atoms with Gasteiger partial charge in [-0.05, 0) is 30.3 Å². The molecular weight excluding hydrogens is 354 g/mol. The SMILES string of the molecule is COc1ccc(CNC(=O)/C=C/c2c(Cl)nc3ccccn23)c(OC)c1. The van der Waals surface area contributed by atoms with Gasteiger partial charge in [-0.15, -0.1) is 0 Å². The molecule has 2 aromatic heterocycles. The summed E-state index contributed by atoms with van der Waals surface area (Å²) in [5.74, 6) is 1.10. The zero-order valence-electron chi connectivity index (χ0n) is 14.4. The number of fused-ring (bicyclic) bond motifs is 1. The lowest BCUT2D eigenvalue weighted by atomic mass is 10.2. The average molecular weight is 372 g/mol. The third kappa shape index (κ3) is 3.81. The van der Waals surface area contributed by atoms with Gasteiger partial charge in [0.2, 0.25) is 5.91 Å². The Kier molecular flexibility index (Phi) is 5.43. The monoisotopic (exact) mass is 371 g/mol. The predicted octanol–water partition coefficient (Wildman–Crippen LogP) is 3.33. The molecule has 0 aliphatic rings. The van der Waals surface area contributed by atoms with Crippen LogP contribution in [0.25, 0.3) is 11.7 Å². The van der Waals surface area contributed by atoms with Crippen molar-refractivity contribution in [2.45, 2.75) is 6.54 Å². The Morgan fingerprint density at radius 3 is 2.88 bits per heavy atom. The van der Waals surface area contributed by atoms with Crippen LogP contribution in [0.1, 0.15) is 11.3 Å². The highest BCUT2D eigenvalue weighted by atomic mass is 35.5. The number of nitrogens with zero attached hydrogens (tertiary/aromatic N) is 2. The Morgan fingerprint density at radius 2 is 2.12 bits per heavy atom. The summed E-state index contributed by atoms with van der Waals surface area (Å²) < 4.78 is 12.3. The van der Waals surface area contributed by atoms with Crippen molar-refractivity contribution in [3.8, 4) is 11.5 Å². The van der Waals surface area contributed by atoms with E-state index in [1.165, 1.54) is 6.08 Å². The topological polar surface area (TPSA) is 64.9 Å². The van der Waals surface area contributed by atoms with Crippen LogP contribution < -0.4 is 14.8 Å². The van der Waals surface area contributed by atoms with E-state index in [1.54, 1.807) is 26.4 Å². The summed E-state index contributed by atoms with van der Waals surface area (Å²) >= 11 is 6.15. The van der Waals surface area contributed by atoms with Gasteiger partial charge in [0.1, 0.15) is 17.1 Å². The summed E-state index contributed by atoms with van der Waals surface area (Å²) in [6, 6.07) is 11.0. The number of carbonyl (C=O) groups is 1. The minimum Gasteiger partial charge on any atom is -0.497 e. The minimum atomic E-state index is -0.246. The van der Waals surface area contributed by atoms with E-state index in [0.717, 1.165) is 11.2 Å². The van der Waals surface area contributed by atoms with Crippen molar-refractivity contribution in [2.75, 3.05) is 14.2 Å². The van der Waals surface area contributed by atoms with Crippen molar-refractivity contribution in [3.05, 3.63) is 65.1 Å². The van der Waals surface area contributed by atoms with Gasteiger partial charge in [0.05, 0.1) is 19.9 Å². The molecule has 26 heavy (non-hydrogen) atoms. The standard InChI is InChI=1S/C19H18ClN3O3/c1-25-14-7-6-13(16(11-14)26-2)12-21-18(24)9-8-15-19(20)22-17-5-3-4-10-23(15)17/h3-11H,12H2,1-2H3,(H,21,24)/b9-8+. The van der Waals surface area contributed by atoms with Gasteiger partial charge < -0.3 is 14.8 Å². The van der Waals surface area contributed by atoms with Crippen LogP contribution in [0, 0.1) is 0 Å². The van der Waals surface area contributed by atoms with Crippen molar-refractivity contribution in [2.24, 2.45) is 0 Å². The number of methoxy groups -OCH3 is 2. The van der Waals surface area contributed by atoms with Crippen LogP contribution >= 0.6 is 11.6 Å². The number of amides is 1. The third-order valence-electron chi connectivity index (χ3n) is 3.86. The molecule has 0 atom stereocenters. The molecule has 0 aliphatic carbocycles. The molecule has 0 saturated carbocycles. The Labute approximate surface area is 156 Å². The first-order valence-corrected chi connectivity index (χ1v) is 8.29. The van der Waals surface area contributed by atoms with E-state index in [2.05, 4.69) is 10.3 Å². The normalized spacial score (nSPS) is 11.0. The van der Waals surface area contributed by atoms with Gasteiger partial charge in [-0.3, -0.25) is 9.20 Å². The van der Waals surface area contributed by atoms with E-state index in [1.807, 2.05) is 40.9 Å². The van der Waals surface area contributed by atoms with Crippen LogP contribution in [-0.2, 0) is 11.3 Å². The number of hydrogen-bond donors (Lipinski definition) is 1. The van der Waals surface area contributed by atoms with Crippen LogP contribution in [0.15, 0.2) is 48.7 Å². The van der Waals surface area contributed by atoms with Crippen molar-refractivity contribution in [3.63, 3.8) is 0 Å². The summed E-state index contributed by atoms with van der Waals surface area (Å²) in [6.45, 7) is 0.331. The van der Waals surface area contributed by atoms with Gasteiger partial charge in [0, 0.05) is 30.4 Å². The van der Waals surface area contributed by atoms with E-state index >= 15 is 0 Å². The van der Waals surface area contributed by atoms with E-state index in [-0.39, 0.29) is 5.91 Å². The zero-order valence-corrected chi connectivity index (χ0v) is 15.2. The summed E-state index contributed by atoms with van der Waals surface area (Å²) in [6.07, 6.45) is 4.91. The maximum atomic E-state index is 12.1. The lowest BCUT2D eigenvalue weighted by Gasteiger charge is -2.10. The van der Waals surface area contributed by atoms with Crippen LogP contribution in [0.5, 0.6) is 11.5 Å². The van der Waals surface area contributed by atoms with E-state index in [4.69, 9.17) is 21.1 Å². The number of halogens is 1. The third-order valence-corrected chi connectivity index (χ3v) is 4.14. The zero-order chi connectivity index (χ0) is 18.5. The molecule has 6 nitrogen and oxygen atoms in total. The molecule has 2 heterocycles. The number of aromatic nitrogens is 2. The van der Waals surface area contributed by atoms with E-state index < -0.39 is 0 Å². The van der Waals surface area contributed by atoms with Gasteiger partial charge >= 0.3 is 0 Å². The number of imidazole rings is 1. The number of nitrogens with one attached hydrogen (secondary N) is 1. The second-order valence-corrected chi connectivity index (χ2v) is 5.80. The molecule has 134 valence electrons. The van der Waals surface area contributed by atoms with Crippen molar-refractivity contribution in [1.82, 2.24) is 14.7 Å². The van der Waals surface area contributed by atoms with Crippen molar-refractivity contribution in [1.29, 1.82) is 0 Å². The quantitative estimate of drug-likeness (QED) is 0.675. The van der Waals surface area contributed by atoms with Crippen LogP contribution in [-0.4, -0.2) is 29.5 Å². The molecule has 0 saturated heterocycles. The summed E-state index contributed by atoms with van der Waals surface area (Å²) in [4.78, 5) is 16.4. The summed E-state index contributed by atoms with van der Waals surface area (Å²) in [7, 11) is 3.17. The average Bonchev–Trinajstić information content (AvgIpc) is 2.99. The number of carbonyl (C=O) groups excluding carboxylic acids is 1. The molecule has 0 radical (unpaired) electrons. The van der Waals surface area contributed by atoms with Gasteiger partial charge in [0.25, 0.3) is 0 Å². The van der Waals surface area contributed by atoms with Crippen LogP contribution in [0.2, 0.25) is 5.15 Å². The maximum Gasteiger partial charge on any atom is 0.244 e. The Bertz CT molecular complexity index is 966. The smallest absolute Gasteiger partial charge is 0.244 e. The van der Waals surface area contributed by atoms with E-state index in [0.29, 0.717) is 28.9 Å². The highest BCUT2D eigenvalue weighted by Crippen LogP contribution is 2.24. The molecular formula is C19H18ClN3O3.